The third-order valence-electron chi connectivity index (χ3n) is 6.38. The molecule has 0 amide bonds. The zero-order valence-electron chi connectivity index (χ0n) is 20.9. The first-order chi connectivity index (χ1) is 17.8. The summed E-state index contributed by atoms with van der Waals surface area (Å²) in [6.45, 7) is 4.34. The molecular weight excluding hydrogens is 468 g/mol. The topological polar surface area (TPSA) is 112 Å². The minimum Gasteiger partial charge on any atom is -0.497 e. The molecule has 0 bridgehead atoms. The van der Waals surface area contributed by atoms with E-state index < -0.39 is 5.97 Å². The molecule has 0 saturated carbocycles. The van der Waals surface area contributed by atoms with E-state index in [1.807, 2.05) is 16.8 Å². The number of nitrogens with two attached hydrogens (primary N) is 1. The maximum atomic E-state index is 11.4. The highest BCUT2D eigenvalue weighted by molar-refractivity contribution is 5.95. The van der Waals surface area contributed by atoms with Gasteiger partial charge in [0.1, 0.15) is 29.6 Å². The van der Waals surface area contributed by atoms with E-state index in [1.54, 1.807) is 31.5 Å². The van der Waals surface area contributed by atoms with Gasteiger partial charge in [-0.25, -0.2) is 4.98 Å². The average Bonchev–Trinajstić information content (AvgIpc) is 3.26. The number of pyridine rings is 1. The van der Waals surface area contributed by atoms with Gasteiger partial charge in [0, 0.05) is 34.6 Å². The second kappa shape index (κ2) is 9.81. The van der Waals surface area contributed by atoms with Gasteiger partial charge in [0.2, 0.25) is 0 Å². The number of ether oxygens (including phenoxy) is 2. The Bertz CT molecular complexity index is 1620. The minimum absolute atomic E-state index is 0.146. The first-order valence-corrected chi connectivity index (χ1v) is 12.0. The number of hydrogen-bond acceptors (Lipinski definition) is 6. The molecule has 0 saturated heterocycles. The Morgan fingerprint density at radius 2 is 1.78 bits per heavy atom. The van der Waals surface area contributed by atoms with Gasteiger partial charge in [-0.15, -0.1) is 0 Å². The Hall–Kier alpha value is -4.59. The summed E-state index contributed by atoms with van der Waals surface area (Å²) in [4.78, 5) is 15.6. The molecule has 0 spiro atoms. The molecule has 0 radical (unpaired) electrons. The van der Waals surface area contributed by atoms with Crippen LogP contribution in [0.5, 0.6) is 11.5 Å². The Balaban J connectivity index is 1.55. The van der Waals surface area contributed by atoms with Crippen LogP contribution in [0.15, 0.2) is 66.9 Å². The lowest BCUT2D eigenvalue weighted by atomic mass is 10.00. The van der Waals surface area contributed by atoms with E-state index >= 15 is 0 Å². The van der Waals surface area contributed by atoms with Crippen molar-refractivity contribution in [2.24, 2.45) is 0 Å². The lowest BCUT2D eigenvalue weighted by molar-refractivity contribution is -0.136. The number of aromatic nitrogens is 3. The number of carboxylic acid groups (broad SMARTS) is 1. The van der Waals surface area contributed by atoms with Gasteiger partial charge in [0.25, 0.3) is 0 Å². The third kappa shape index (κ3) is 4.78. The van der Waals surface area contributed by atoms with Gasteiger partial charge in [0.05, 0.1) is 19.0 Å². The Labute approximate surface area is 214 Å². The molecule has 0 atom stereocenters. The minimum atomic E-state index is -0.930. The predicted molar refractivity (Wildman–Crippen MR) is 144 cm³/mol. The summed E-state index contributed by atoms with van der Waals surface area (Å²) >= 11 is 0. The van der Waals surface area contributed by atoms with Crippen LogP contribution in [0.3, 0.4) is 0 Å². The van der Waals surface area contributed by atoms with Crippen molar-refractivity contribution in [3.8, 4) is 22.6 Å². The third-order valence-corrected chi connectivity index (χ3v) is 6.38. The van der Waals surface area contributed by atoms with Crippen LogP contribution in [-0.4, -0.2) is 33.0 Å². The number of carbonyl (C=O) groups is 1. The molecule has 0 aliphatic carbocycles. The van der Waals surface area contributed by atoms with Crippen LogP contribution in [0, 0.1) is 0 Å². The second-order valence-electron chi connectivity index (χ2n) is 9.18. The molecule has 3 aromatic carbocycles. The first-order valence-electron chi connectivity index (χ1n) is 12.0. The first kappa shape index (κ1) is 24.1. The normalized spacial score (nSPS) is 11.4. The SMILES string of the molecule is COc1ccc(CC(=O)O)c(OCc2nn(C(C)C)c3ccc(-c4ccc5ccnc(N)c5c4)cc23)c1. The van der Waals surface area contributed by atoms with Crippen molar-refractivity contribution in [2.75, 3.05) is 12.8 Å². The largest absolute Gasteiger partial charge is 0.497 e. The summed E-state index contributed by atoms with van der Waals surface area (Å²) < 4.78 is 13.4. The molecule has 8 nitrogen and oxygen atoms in total. The zero-order valence-corrected chi connectivity index (χ0v) is 20.9. The van der Waals surface area contributed by atoms with Crippen molar-refractivity contribution in [1.29, 1.82) is 0 Å². The fraction of sp³-hybridized carbons (Fsp3) is 0.207. The average molecular weight is 497 g/mol. The number of benzene rings is 3. The monoisotopic (exact) mass is 496 g/mol. The van der Waals surface area contributed by atoms with Crippen molar-refractivity contribution in [3.05, 3.63) is 78.1 Å². The molecule has 0 fully saturated rings. The lowest BCUT2D eigenvalue weighted by Crippen LogP contribution is -2.06. The number of carboxylic acids is 1. The summed E-state index contributed by atoms with van der Waals surface area (Å²) in [6.07, 6.45) is 1.56. The van der Waals surface area contributed by atoms with E-state index in [9.17, 15) is 9.90 Å². The number of rotatable bonds is 8. The standard InChI is InChI=1S/C29H28N4O4/c1-17(2)33-26-9-7-20(19-5-4-18-10-11-31-29(30)23(18)12-19)13-24(26)25(32-33)16-37-27-15-22(36-3)8-6-21(27)14-28(34)35/h4-13,15,17H,14,16H2,1-3H3,(H2,30,31)(H,34,35). The van der Waals surface area contributed by atoms with Gasteiger partial charge in [-0.3, -0.25) is 9.48 Å². The van der Waals surface area contributed by atoms with Gasteiger partial charge in [0.15, 0.2) is 0 Å². The van der Waals surface area contributed by atoms with Crippen LogP contribution in [0.25, 0.3) is 32.8 Å². The molecule has 3 N–H and O–H groups in total. The Morgan fingerprint density at radius 3 is 2.51 bits per heavy atom. The van der Waals surface area contributed by atoms with Crippen molar-refractivity contribution in [3.63, 3.8) is 0 Å². The predicted octanol–water partition coefficient (Wildman–Crippen LogP) is 5.63. The number of methoxy groups -OCH3 is 1. The van der Waals surface area contributed by atoms with Crippen LogP contribution in [-0.2, 0) is 17.8 Å². The van der Waals surface area contributed by atoms with Gasteiger partial charge in [-0.05, 0) is 60.7 Å². The number of hydrogen-bond donors (Lipinski definition) is 2. The molecule has 8 heteroatoms. The van der Waals surface area contributed by atoms with Crippen LogP contribution in [0.2, 0.25) is 0 Å². The molecule has 2 heterocycles. The van der Waals surface area contributed by atoms with E-state index in [-0.39, 0.29) is 19.1 Å². The molecule has 2 aromatic heterocycles. The summed E-state index contributed by atoms with van der Waals surface area (Å²) in [5.41, 5.74) is 10.5. The van der Waals surface area contributed by atoms with E-state index in [4.69, 9.17) is 20.3 Å². The van der Waals surface area contributed by atoms with Crippen molar-refractivity contribution >= 4 is 33.5 Å². The highest BCUT2D eigenvalue weighted by Gasteiger charge is 2.16. The number of nitrogens with zero attached hydrogens (tertiary/aromatic N) is 3. The lowest BCUT2D eigenvalue weighted by Gasteiger charge is -2.11. The Morgan fingerprint density at radius 1 is 1.03 bits per heavy atom. The number of anilines is 1. The molecule has 0 aliphatic heterocycles. The molecule has 5 aromatic rings. The van der Waals surface area contributed by atoms with Gasteiger partial charge in [-0.1, -0.05) is 24.3 Å². The molecular formula is C29H28N4O4. The summed E-state index contributed by atoms with van der Waals surface area (Å²) in [5.74, 6) is 0.620. The smallest absolute Gasteiger partial charge is 0.307 e. The molecule has 5 rings (SSSR count). The fourth-order valence-corrected chi connectivity index (χ4v) is 4.51. The number of aliphatic carboxylic acids is 1. The summed E-state index contributed by atoms with van der Waals surface area (Å²) in [7, 11) is 1.56. The summed E-state index contributed by atoms with van der Waals surface area (Å²) in [5, 5.41) is 17.1. The van der Waals surface area contributed by atoms with Gasteiger partial charge < -0.3 is 20.3 Å². The second-order valence-corrected chi connectivity index (χ2v) is 9.18. The zero-order chi connectivity index (χ0) is 26.1. The summed E-state index contributed by atoms with van der Waals surface area (Å²) in [6, 6.07) is 19.7. The molecule has 0 aliphatic rings. The molecule has 0 unspecified atom stereocenters. The quantitative estimate of drug-likeness (QED) is 0.286. The van der Waals surface area contributed by atoms with Crippen LogP contribution in [0.1, 0.15) is 31.1 Å². The number of nitrogen functional groups attached to an aromatic ring is 1. The van der Waals surface area contributed by atoms with E-state index in [0.717, 1.165) is 38.5 Å². The van der Waals surface area contributed by atoms with E-state index in [2.05, 4.69) is 49.2 Å². The van der Waals surface area contributed by atoms with Crippen LogP contribution in [0.4, 0.5) is 5.82 Å². The van der Waals surface area contributed by atoms with Crippen molar-refractivity contribution in [2.45, 2.75) is 32.9 Å². The van der Waals surface area contributed by atoms with E-state index in [1.165, 1.54) is 0 Å². The van der Waals surface area contributed by atoms with Crippen LogP contribution >= 0.6 is 0 Å². The van der Waals surface area contributed by atoms with Crippen molar-refractivity contribution < 1.29 is 19.4 Å². The van der Waals surface area contributed by atoms with Crippen LogP contribution < -0.4 is 15.2 Å². The van der Waals surface area contributed by atoms with E-state index in [0.29, 0.717) is 22.9 Å². The molecule has 37 heavy (non-hydrogen) atoms. The maximum Gasteiger partial charge on any atom is 0.307 e. The maximum absolute atomic E-state index is 11.4. The highest BCUT2D eigenvalue weighted by atomic mass is 16.5. The Kier molecular flexibility index (Phi) is 6.40. The molecule has 188 valence electrons. The van der Waals surface area contributed by atoms with Gasteiger partial charge >= 0.3 is 5.97 Å². The van der Waals surface area contributed by atoms with Gasteiger partial charge in [-0.2, -0.15) is 5.10 Å². The van der Waals surface area contributed by atoms with Crippen molar-refractivity contribution in [1.82, 2.24) is 14.8 Å². The fourth-order valence-electron chi connectivity index (χ4n) is 4.51. The highest BCUT2D eigenvalue weighted by Crippen LogP contribution is 2.32. The number of fused-ring (bicyclic) bond motifs is 2.